The fourth-order valence-electron chi connectivity index (χ4n) is 6.67. The quantitative estimate of drug-likeness (QED) is 0.486. The van der Waals surface area contributed by atoms with Crippen molar-refractivity contribution >= 4 is 17.9 Å². The molecule has 5 aliphatic rings. The normalized spacial score (nSPS) is 33.8. The van der Waals surface area contributed by atoms with E-state index in [2.05, 4.69) is 4.90 Å². The number of nitrogens with zero attached hydrogens (tertiary/aromatic N) is 1. The SMILES string of the molecule is O=C(O)CCOC(=O)Oc1ccc2c3c1O[C@@H]1C(=O)CC[C@]4(O)[C@H](C2)N(CC2CC2)CC[C@@]314. The highest BCUT2D eigenvalue weighted by molar-refractivity contribution is 5.90. The summed E-state index contributed by atoms with van der Waals surface area (Å²) >= 11 is 0. The topological polar surface area (TPSA) is 123 Å². The van der Waals surface area contributed by atoms with Crippen LogP contribution in [0.3, 0.4) is 0 Å². The molecule has 1 saturated heterocycles. The number of hydrogen-bond donors (Lipinski definition) is 2. The molecule has 0 amide bonds. The number of aliphatic carboxylic acids is 1. The van der Waals surface area contributed by atoms with Crippen LogP contribution in [0, 0.1) is 5.92 Å². The lowest BCUT2D eigenvalue weighted by Crippen LogP contribution is -2.76. The van der Waals surface area contributed by atoms with Crippen molar-refractivity contribution < 1.29 is 38.8 Å². The van der Waals surface area contributed by atoms with Crippen molar-refractivity contribution in [1.29, 1.82) is 0 Å². The molecule has 2 heterocycles. The van der Waals surface area contributed by atoms with Crippen LogP contribution in [-0.4, -0.2) is 70.5 Å². The van der Waals surface area contributed by atoms with Gasteiger partial charge in [-0.2, -0.15) is 0 Å². The van der Waals surface area contributed by atoms with E-state index in [0.29, 0.717) is 30.9 Å². The van der Waals surface area contributed by atoms with E-state index in [1.807, 2.05) is 6.07 Å². The molecule has 3 fully saturated rings. The minimum absolute atomic E-state index is 0.0342. The summed E-state index contributed by atoms with van der Waals surface area (Å²) < 4.78 is 16.4. The smallest absolute Gasteiger partial charge is 0.481 e. The van der Waals surface area contributed by atoms with Crippen LogP contribution in [-0.2, 0) is 26.2 Å². The molecule has 2 saturated carbocycles. The second-order valence-corrected chi connectivity index (χ2v) is 10.0. The highest BCUT2D eigenvalue weighted by Crippen LogP contribution is 2.65. The van der Waals surface area contributed by atoms with Crippen molar-refractivity contribution in [2.75, 3.05) is 19.7 Å². The summed E-state index contributed by atoms with van der Waals surface area (Å²) in [4.78, 5) is 38.2. The van der Waals surface area contributed by atoms with E-state index in [1.165, 1.54) is 12.8 Å². The number of piperidine rings is 1. The van der Waals surface area contributed by atoms with Crippen molar-refractivity contribution in [3.05, 3.63) is 23.3 Å². The summed E-state index contributed by atoms with van der Waals surface area (Å²) in [5.41, 5.74) is -0.120. The summed E-state index contributed by atoms with van der Waals surface area (Å²) in [5, 5.41) is 20.9. The molecule has 3 aliphatic carbocycles. The Morgan fingerprint density at radius 2 is 2.06 bits per heavy atom. The van der Waals surface area contributed by atoms with Crippen molar-refractivity contribution in [1.82, 2.24) is 4.90 Å². The molecular formula is C24H27NO8. The first kappa shape index (κ1) is 20.9. The summed E-state index contributed by atoms with van der Waals surface area (Å²) in [5.74, 6) is 0.0425. The Morgan fingerprint density at radius 3 is 2.82 bits per heavy atom. The molecule has 6 rings (SSSR count). The van der Waals surface area contributed by atoms with E-state index in [4.69, 9.17) is 19.3 Å². The molecular weight excluding hydrogens is 430 g/mol. The molecule has 2 N–H and O–H groups in total. The standard InChI is InChI=1S/C24H27NO8/c26-15-5-7-24(30)17-11-14-3-4-16(32-22(29)31-10-6-18(27)28)20-19(14)23(24,21(15)33-20)8-9-25(17)12-13-1-2-13/h3-4,13,17,21,30H,1-2,5-12H2,(H,27,28)/t17-,21+,23+,24-/m0/s1. The van der Waals surface area contributed by atoms with Gasteiger partial charge in [-0.25, -0.2) is 4.79 Å². The van der Waals surface area contributed by atoms with Gasteiger partial charge in [-0.05, 0) is 56.2 Å². The molecule has 1 aromatic carbocycles. The Balaban J connectivity index is 1.37. The van der Waals surface area contributed by atoms with E-state index in [1.54, 1.807) is 6.07 Å². The van der Waals surface area contributed by atoms with E-state index in [0.717, 1.165) is 24.2 Å². The maximum Gasteiger partial charge on any atom is 0.513 e. The van der Waals surface area contributed by atoms with Gasteiger partial charge in [-0.1, -0.05) is 6.07 Å². The van der Waals surface area contributed by atoms with Gasteiger partial charge in [0.15, 0.2) is 23.4 Å². The third-order valence-corrected chi connectivity index (χ3v) is 8.27. The Labute approximate surface area is 190 Å². The van der Waals surface area contributed by atoms with Crippen LogP contribution in [0.2, 0.25) is 0 Å². The fraction of sp³-hybridized carbons (Fsp3) is 0.625. The number of ether oxygens (including phenoxy) is 3. The average molecular weight is 457 g/mol. The van der Waals surface area contributed by atoms with Crippen molar-refractivity contribution in [2.45, 2.75) is 68.1 Å². The lowest BCUT2D eigenvalue weighted by Gasteiger charge is -2.62. The Kier molecular flexibility index (Phi) is 4.55. The number of carbonyl (C=O) groups is 3. The van der Waals surface area contributed by atoms with Crippen LogP contribution < -0.4 is 9.47 Å². The van der Waals surface area contributed by atoms with E-state index < -0.39 is 29.2 Å². The Morgan fingerprint density at radius 1 is 1.24 bits per heavy atom. The number of ketones is 1. The summed E-state index contributed by atoms with van der Waals surface area (Å²) in [7, 11) is 0. The molecule has 4 atom stereocenters. The predicted molar refractivity (Wildman–Crippen MR) is 112 cm³/mol. The number of aliphatic hydroxyl groups is 1. The third-order valence-electron chi connectivity index (χ3n) is 8.27. The lowest BCUT2D eigenvalue weighted by atomic mass is 9.49. The number of carbonyl (C=O) groups excluding carboxylic acids is 2. The molecule has 2 aliphatic heterocycles. The fourth-order valence-corrected chi connectivity index (χ4v) is 6.67. The lowest BCUT2D eigenvalue weighted by molar-refractivity contribution is -0.188. The average Bonchev–Trinajstić information content (AvgIpc) is 3.50. The first-order chi connectivity index (χ1) is 15.8. The van der Waals surface area contributed by atoms with Crippen LogP contribution in [0.4, 0.5) is 4.79 Å². The maximum atomic E-state index is 13.0. The van der Waals surface area contributed by atoms with Gasteiger partial charge in [-0.15, -0.1) is 0 Å². The maximum absolute atomic E-state index is 13.0. The van der Waals surface area contributed by atoms with Crippen LogP contribution in [0.25, 0.3) is 0 Å². The molecule has 0 unspecified atom stereocenters. The molecule has 176 valence electrons. The first-order valence-electron chi connectivity index (χ1n) is 11.7. The highest BCUT2D eigenvalue weighted by Gasteiger charge is 2.73. The molecule has 2 bridgehead atoms. The van der Waals surface area contributed by atoms with Gasteiger partial charge in [0.2, 0.25) is 0 Å². The van der Waals surface area contributed by atoms with Crippen molar-refractivity contribution in [3.8, 4) is 11.5 Å². The molecule has 33 heavy (non-hydrogen) atoms. The zero-order valence-corrected chi connectivity index (χ0v) is 18.2. The van der Waals surface area contributed by atoms with Gasteiger partial charge in [0, 0.05) is 24.6 Å². The number of carboxylic acids is 1. The molecule has 1 spiro atoms. The zero-order valence-electron chi connectivity index (χ0n) is 18.2. The van der Waals surface area contributed by atoms with Crippen LogP contribution in [0.1, 0.15) is 49.7 Å². The monoisotopic (exact) mass is 457 g/mol. The van der Waals surface area contributed by atoms with Gasteiger partial charge in [0.25, 0.3) is 0 Å². The van der Waals surface area contributed by atoms with E-state index in [-0.39, 0.29) is 37.0 Å². The third kappa shape index (κ3) is 2.94. The predicted octanol–water partition coefficient (Wildman–Crippen LogP) is 1.81. The van der Waals surface area contributed by atoms with Crippen molar-refractivity contribution in [2.24, 2.45) is 5.92 Å². The van der Waals surface area contributed by atoms with E-state index in [9.17, 15) is 19.5 Å². The van der Waals surface area contributed by atoms with Gasteiger partial charge < -0.3 is 24.4 Å². The van der Waals surface area contributed by atoms with Crippen molar-refractivity contribution in [3.63, 3.8) is 0 Å². The minimum Gasteiger partial charge on any atom is -0.481 e. The number of likely N-dealkylation sites (tertiary alicyclic amines) is 1. The van der Waals surface area contributed by atoms with Gasteiger partial charge in [0.1, 0.15) is 6.61 Å². The zero-order chi connectivity index (χ0) is 23.0. The van der Waals surface area contributed by atoms with Crippen LogP contribution in [0.5, 0.6) is 11.5 Å². The Bertz CT molecular complexity index is 1050. The van der Waals surface area contributed by atoms with Gasteiger partial charge >= 0.3 is 12.1 Å². The van der Waals surface area contributed by atoms with Gasteiger partial charge in [-0.3, -0.25) is 14.5 Å². The molecule has 0 radical (unpaired) electrons. The second-order valence-electron chi connectivity index (χ2n) is 10.0. The van der Waals surface area contributed by atoms with Crippen LogP contribution in [0.15, 0.2) is 12.1 Å². The summed E-state index contributed by atoms with van der Waals surface area (Å²) in [6.07, 6.45) is 2.24. The first-order valence-corrected chi connectivity index (χ1v) is 11.7. The van der Waals surface area contributed by atoms with Crippen LogP contribution >= 0.6 is 0 Å². The molecule has 1 aromatic rings. The summed E-state index contributed by atoms with van der Waals surface area (Å²) in [6.45, 7) is 1.46. The van der Waals surface area contributed by atoms with Gasteiger partial charge in [0.05, 0.1) is 17.4 Å². The Hall–Kier alpha value is -2.65. The second kappa shape index (κ2) is 7.17. The molecule has 0 aromatic heterocycles. The molecule has 9 nitrogen and oxygen atoms in total. The highest BCUT2D eigenvalue weighted by atomic mass is 16.7. The summed E-state index contributed by atoms with van der Waals surface area (Å²) in [6, 6.07) is 3.45. The number of hydrogen-bond acceptors (Lipinski definition) is 8. The van der Waals surface area contributed by atoms with E-state index >= 15 is 0 Å². The number of benzene rings is 1. The number of rotatable bonds is 6. The number of Topliss-reactive ketones (excluding diaryl/α,β-unsaturated/α-hetero) is 1. The number of carboxylic acid groups (broad SMARTS) is 1. The minimum atomic E-state index is -1.09. The largest absolute Gasteiger partial charge is 0.513 e. The molecule has 9 heteroatoms.